The lowest BCUT2D eigenvalue weighted by Crippen LogP contribution is -2.38. The van der Waals surface area contributed by atoms with Crippen LogP contribution in [0.3, 0.4) is 0 Å². The molecule has 1 spiro atoms. The Labute approximate surface area is 109 Å². The van der Waals surface area contributed by atoms with Crippen molar-refractivity contribution in [3.05, 3.63) is 21.9 Å². The van der Waals surface area contributed by atoms with E-state index in [9.17, 15) is 0 Å². The van der Waals surface area contributed by atoms with Gasteiger partial charge in [-0.3, -0.25) is 0 Å². The lowest BCUT2D eigenvalue weighted by atomic mass is 9.83. The molecule has 0 bridgehead atoms. The average Bonchev–Trinajstić information content (AvgIpc) is 2.71. The van der Waals surface area contributed by atoms with Crippen LogP contribution in [0.5, 0.6) is 0 Å². The summed E-state index contributed by atoms with van der Waals surface area (Å²) in [5.74, 6) is 0.885. The van der Waals surface area contributed by atoms with Crippen molar-refractivity contribution in [1.29, 1.82) is 0 Å². The first-order valence-electron chi connectivity index (χ1n) is 6.83. The molecule has 3 rings (SSSR count). The van der Waals surface area contributed by atoms with Gasteiger partial charge in [0.2, 0.25) is 0 Å². The molecule has 1 heterocycles. The maximum Gasteiger partial charge on any atom is 0.00966 e. The molecule has 2 heteroatoms. The SMILES string of the molecule is CC(C)(C)NCC1CC12CCCc1sccc12. The van der Waals surface area contributed by atoms with E-state index in [1.54, 1.807) is 10.4 Å². The monoisotopic (exact) mass is 249 g/mol. The zero-order chi connectivity index (χ0) is 12.1. The summed E-state index contributed by atoms with van der Waals surface area (Å²) in [7, 11) is 0. The molecule has 2 unspecified atom stereocenters. The third kappa shape index (κ3) is 2.06. The maximum atomic E-state index is 3.68. The summed E-state index contributed by atoms with van der Waals surface area (Å²) in [6.07, 6.45) is 5.57. The minimum atomic E-state index is 0.260. The van der Waals surface area contributed by atoms with Gasteiger partial charge in [-0.15, -0.1) is 11.3 Å². The second-order valence-corrected chi connectivity index (χ2v) is 7.80. The van der Waals surface area contributed by atoms with Crippen molar-refractivity contribution in [3.63, 3.8) is 0 Å². The third-order valence-corrected chi connectivity index (χ3v) is 5.40. The van der Waals surface area contributed by atoms with Crippen LogP contribution < -0.4 is 5.32 Å². The Balaban J connectivity index is 1.71. The van der Waals surface area contributed by atoms with Gasteiger partial charge in [0.1, 0.15) is 0 Å². The van der Waals surface area contributed by atoms with E-state index < -0.39 is 0 Å². The van der Waals surface area contributed by atoms with Crippen LogP contribution in [0.2, 0.25) is 0 Å². The van der Waals surface area contributed by atoms with E-state index in [1.165, 1.54) is 32.2 Å². The highest BCUT2D eigenvalue weighted by atomic mass is 32.1. The van der Waals surface area contributed by atoms with Gasteiger partial charge in [-0.05, 0) is 75.9 Å². The Kier molecular flexibility index (Phi) is 2.64. The number of aryl methyl sites for hydroxylation is 1. The molecule has 0 amide bonds. The van der Waals surface area contributed by atoms with E-state index in [1.807, 2.05) is 11.3 Å². The molecular weight excluding hydrogens is 226 g/mol. The third-order valence-electron chi connectivity index (χ3n) is 4.42. The standard InChI is InChI=1S/C15H23NS/c1-14(2,3)16-10-11-9-15(11)7-4-5-13-12(15)6-8-17-13/h6,8,11,16H,4-5,7,9-10H2,1-3H3. The van der Waals surface area contributed by atoms with Crippen molar-refractivity contribution < 1.29 is 0 Å². The van der Waals surface area contributed by atoms with Gasteiger partial charge in [-0.25, -0.2) is 0 Å². The van der Waals surface area contributed by atoms with Gasteiger partial charge in [0.05, 0.1) is 0 Å². The summed E-state index contributed by atoms with van der Waals surface area (Å²) in [5.41, 5.74) is 2.54. The van der Waals surface area contributed by atoms with E-state index in [-0.39, 0.29) is 5.54 Å². The first-order valence-corrected chi connectivity index (χ1v) is 7.71. The van der Waals surface area contributed by atoms with E-state index in [4.69, 9.17) is 0 Å². The van der Waals surface area contributed by atoms with Gasteiger partial charge < -0.3 is 5.32 Å². The Morgan fingerprint density at radius 3 is 3.06 bits per heavy atom. The molecule has 17 heavy (non-hydrogen) atoms. The number of hydrogen-bond donors (Lipinski definition) is 1. The smallest absolute Gasteiger partial charge is 0.00966 e. The van der Waals surface area contributed by atoms with Crippen molar-refractivity contribution in [2.24, 2.45) is 5.92 Å². The van der Waals surface area contributed by atoms with E-state index in [0.29, 0.717) is 5.41 Å². The number of rotatable bonds is 2. The van der Waals surface area contributed by atoms with Crippen molar-refractivity contribution in [2.75, 3.05) is 6.54 Å². The molecule has 2 aliphatic rings. The van der Waals surface area contributed by atoms with Crippen LogP contribution >= 0.6 is 11.3 Å². The molecule has 1 nitrogen and oxygen atoms in total. The van der Waals surface area contributed by atoms with E-state index >= 15 is 0 Å². The van der Waals surface area contributed by atoms with E-state index in [2.05, 4.69) is 37.5 Å². The van der Waals surface area contributed by atoms with Gasteiger partial charge in [0.15, 0.2) is 0 Å². The fourth-order valence-electron chi connectivity index (χ4n) is 3.39. The highest BCUT2D eigenvalue weighted by molar-refractivity contribution is 7.10. The molecule has 1 aromatic heterocycles. The molecule has 0 aliphatic heterocycles. The Hall–Kier alpha value is -0.340. The molecule has 1 aromatic rings. The highest BCUT2D eigenvalue weighted by Crippen LogP contribution is 2.60. The quantitative estimate of drug-likeness (QED) is 0.842. The molecule has 2 aliphatic carbocycles. The summed E-state index contributed by atoms with van der Waals surface area (Å²) in [6.45, 7) is 7.98. The molecule has 0 saturated heterocycles. The van der Waals surface area contributed by atoms with Crippen molar-refractivity contribution in [1.82, 2.24) is 5.32 Å². The van der Waals surface area contributed by atoms with Gasteiger partial charge in [0.25, 0.3) is 0 Å². The Morgan fingerprint density at radius 1 is 1.47 bits per heavy atom. The minimum absolute atomic E-state index is 0.260. The van der Waals surface area contributed by atoms with Crippen molar-refractivity contribution >= 4 is 11.3 Å². The van der Waals surface area contributed by atoms with Crippen LogP contribution in [0.4, 0.5) is 0 Å². The fraction of sp³-hybridized carbons (Fsp3) is 0.733. The average molecular weight is 249 g/mol. The van der Waals surface area contributed by atoms with Crippen molar-refractivity contribution in [3.8, 4) is 0 Å². The summed E-state index contributed by atoms with van der Waals surface area (Å²) in [4.78, 5) is 1.68. The summed E-state index contributed by atoms with van der Waals surface area (Å²) >= 11 is 1.97. The summed E-state index contributed by atoms with van der Waals surface area (Å²) in [6, 6.07) is 2.40. The molecule has 0 radical (unpaired) electrons. The van der Waals surface area contributed by atoms with E-state index in [0.717, 1.165) is 5.92 Å². The van der Waals surface area contributed by atoms with Crippen LogP contribution in [0.1, 0.15) is 50.5 Å². The normalized spacial score (nSPS) is 31.6. The van der Waals surface area contributed by atoms with Crippen LogP contribution in [-0.2, 0) is 11.8 Å². The van der Waals surface area contributed by atoms with Crippen LogP contribution in [0.15, 0.2) is 11.4 Å². The van der Waals surface area contributed by atoms with Crippen LogP contribution in [0, 0.1) is 5.92 Å². The highest BCUT2D eigenvalue weighted by Gasteiger charge is 2.56. The number of hydrogen-bond acceptors (Lipinski definition) is 2. The number of fused-ring (bicyclic) bond motifs is 2. The molecule has 0 aromatic carbocycles. The zero-order valence-electron chi connectivity index (χ0n) is 11.2. The molecule has 1 saturated carbocycles. The topological polar surface area (TPSA) is 12.0 Å². The fourth-order valence-corrected chi connectivity index (χ4v) is 4.42. The first-order chi connectivity index (χ1) is 8.01. The Bertz CT molecular complexity index is 415. The second-order valence-electron chi connectivity index (χ2n) is 6.80. The van der Waals surface area contributed by atoms with Gasteiger partial charge in [-0.2, -0.15) is 0 Å². The second kappa shape index (κ2) is 3.83. The summed E-state index contributed by atoms with van der Waals surface area (Å²) < 4.78 is 0. The molecule has 94 valence electrons. The minimum Gasteiger partial charge on any atom is -0.312 e. The Morgan fingerprint density at radius 2 is 2.29 bits per heavy atom. The number of thiophene rings is 1. The predicted octanol–water partition coefficient (Wildman–Crippen LogP) is 3.73. The first kappa shape index (κ1) is 11.7. The molecule has 1 fully saturated rings. The van der Waals surface area contributed by atoms with Crippen molar-refractivity contribution in [2.45, 2.75) is 57.4 Å². The molecule has 2 atom stereocenters. The predicted molar refractivity (Wildman–Crippen MR) is 74.8 cm³/mol. The lowest BCUT2D eigenvalue weighted by molar-refractivity contribution is 0.394. The molecule has 1 N–H and O–H groups in total. The summed E-state index contributed by atoms with van der Waals surface area (Å²) in [5, 5.41) is 5.98. The van der Waals surface area contributed by atoms with Gasteiger partial charge in [0, 0.05) is 15.8 Å². The van der Waals surface area contributed by atoms with Crippen LogP contribution in [0.25, 0.3) is 0 Å². The van der Waals surface area contributed by atoms with Gasteiger partial charge >= 0.3 is 0 Å². The van der Waals surface area contributed by atoms with Gasteiger partial charge in [-0.1, -0.05) is 0 Å². The maximum absolute atomic E-state index is 3.68. The van der Waals surface area contributed by atoms with Crippen LogP contribution in [-0.4, -0.2) is 12.1 Å². The molecular formula is C15H23NS. The largest absolute Gasteiger partial charge is 0.312 e. The lowest BCUT2D eigenvalue weighted by Gasteiger charge is -2.26. The number of nitrogens with one attached hydrogen (secondary N) is 1. The zero-order valence-corrected chi connectivity index (χ0v) is 12.0.